The van der Waals surface area contributed by atoms with Crippen LogP contribution in [0.1, 0.15) is 62.6 Å². The van der Waals surface area contributed by atoms with Gasteiger partial charge in [-0.1, -0.05) is 6.07 Å². The Labute approximate surface area is 155 Å². The van der Waals surface area contributed by atoms with Crippen LogP contribution in [0.5, 0.6) is 0 Å². The third-order valence-electron chi connectivity index (χ3n) is 5.64. The molecule has 6 nitrogen and oxygen atoms in total. The van der Waals surface area contributed by atoms with E-state index in [-0.39, 0.29) is 6.42 Å². The number of carbonyl (C=O) groups is 1. The van der Waals surface area contributed by atoms with Crippen LogP contribution in [0.15, 0.2) is 12.1 Å². The largest absolute Gasteiger partial charge is 0.481 e. The van der Waals surface area contributed by atoms with E-state index in [1.54, 1.807) is 0 Å². The summed E-state index contributed by atoms with van der Waals surface area (Å²) in [4.78, 5) is 15.5. The van der Waals surface area contributed by atoms with Crippen LogP contribution in [-0.4, -0.2) is 45.9 Å². The van der Waals surface area contributed by atoms with Crippen LogP contribution in [0.4, 0.5) is 5.82 Å². The molecule has 0 bridgehead atoms. The molecule has 2 heterocycles. The van der Waals surface area contributed by atoms with Crippen molar-refractivity contribution >= 4 is 11.8 Å². The molecular formula is C20H31N3O3. The predicted octanol–water partition coefficient (Wildman–Crippen LogP) is 2.50. The molecule has 1 aliphatic heterocycles. The standard InChI is InChI=1S/C20H31N3O3/c24-18(25)14-20(26)10-8-16(9-11-20)21-12-2-1-5-17-7-6-15-4-3-13-22-19(15)23-17/h6-7,16,21,26H,1-5,8-14H2,(H,22,23)(H,24,25). The van der Waals surface area contributed by atoms with Crippen molar-refractivity contribution in [2.24, 2.45) is 0 Å². The molecule has 0 amide bonds. The Morgan fingerprint density at radius 2 is 2.12 bits per heavy atom. The van der Waals surface area contributed by atoms with Gasteiger partial charge in [-0.3, -0.25) is 4.79 Å². The Morgan fingerprint density at radius 1 is 1.31 bits per heavy atom. The highest BCUT2D eigenvalue weighted by molar-refractivity contribution is 5.68. The lowest BCUT2D eigenvalue weighted by atomic mass is 9.80. The van der Waals surface area contributed by atoms with E-state index in [0.717, 1.165) is 63.1 Å². The van der Waals surface area contributed by atoms with Gasteiger partial charge in [0.05, 0.1) is 12.0 Å². The van der Waals surface area contributed by atoms with Gasteiger partial charge < -0.3 is 20.8 Å². The summed E-state index contributed by atoms with van der Waals surface area (Å²) in [5.74, 6) is 0.160. The van der Waals surface area contributed by atoms with E-state index in [0.29, 0.717) is 18.9 Å². The second-order valence-corrected chi connectivity index (χ2v) is 7.82. The van der Waals surface area contributed by atoms with Crippen LogP contribution in [-0.2, 0) is 17.6 Å². The Kier molecular flexibility index (Phi) is 6.48. The Morgan fingerprint density at radius 3 is 2.88 bits per heavy atom. The number of aromatic nitrogens is 1. The zero-order valence-electron chi connectivity index (χ0n) is 15.5. The minimum Gasteiger partial charge on any atom is -0.481 e. The zero-order chi connectivity index (χ0) is 18.4. The van der Waals surface area contributed by atoms with Crippen molar-refractivity contribution in [2.45, 2.75) is 75.9 Å². The lowest BCUT2D eigenvalue weighted by Gasteiger charge is -2.35. The Bertz CT molecular complexity index is 612. The number of fused-ring (bicyclic) bond motifs is 1. The summed E-state index contributed by atoms with van der Waals surface area (Å²) in [6, 6.07) is 4.77. The van der Waals surface area contributed by atoms with Crippen LogP contribution in [0.25, 0.3) is 0 Å². The molecule has 1 aromatic rings. The fourth-order valence-corrected chi connectivity index (χ4v) is 4.06. The highest BCUT2D eigenvalue weighted by Crippen LogP contribution is 2.31. The number of nitrogens with one attached hydrogen (secondary N) is 2. The number of carboxylic acids is 1. The van der Waals surface area contributed by atoms with Gasteiger partial charge in [0, 0.05) is 18.3 Å². The van der Waals surface area contributed by atoms with Crippen LogP contribution in [0, 0.1) is 0 Å². The fraction of sp³-hybridized carbons (Fsp3) is 0.700. The maximum absolute atomic E-state index is 10.8. The molecule has 1 saturated carbocycles. The molecule has 3 rings (SSSR count). The van der Waals surface area contributed by atoms with Crippen molar-refractivity contribution in [1.29, 1.82) is 0 Å². The summed E-state index contributed by atoms with van der Waals surface area (Å²) < 4.78 is 0. The summed E-state index contributed by atoms with van der Waals surface area (Å²) in [5, 5.41) is 26.1. The van der Waals surface area contributed by atoms with E-state index in [9.17, 15) is 9.90 Å². The van der Waals surface area contributed by atoms with Crippen molar-refractivity contribution < 1.29 is 15.0 Å². The topological polar surface area (TPSA) is 94.5 Å². The number of anilines is 1. The quantitative estimate of drug-likeness (QED) is 0.532. The minimum absolute atomic E-state index is 0.137. The minimum atomic E-state index is -1.00. The van der Waals surface area contributed by atoms with E-state index in [4.69, 9.17) is 10.1 Å². The average molecular weight is 361 g/mol. The lowest BCUT2D eigenvalue weighted by Crippen LogP contribution is -2.42. The number of carboxylic acid groups (broad SMARTS) is 1. The number of unbranched alkanes of at least 4 members (excludes halogenated alkanes) is 1. The molecule has 1 aromatic heterocycles. The summed E-state index contributed by atoms with van der Waals surface area (Å²) >= 11 is 0. The average Bonchev–Trinajstić information content (AvgIpc) is 2.62. The lowest BCUT2D eigenvalue weighted by molar-refractivity contribution is -0.144. The molecule has 2 aliphatic rings. The monoisotopic (exact) mass is 361 g/mol. The van der Waals surface area contributed by atoms with Crippen molar-refractivity contribution in [3.05, 3.63) is 23.4 Å². The first-order valence-electron chi connectivity index (χ1n) is 9.94. The van der Waals surface area contributed by atoms with Gasteiger partial charge in [-0.25, -0.2) is 4.98 Å². The van der Waals surface area contributed by atoms with Crippen LogP contribution in [0.3, 0.4) is 0 Å². The van der Waals surface area contributed by atoms with E-state index < -0.39 is 11.6 Å². The van der Waals surface area contributed by atoms with Gasteiger partial charge in [0.25, 0.3) is 0 Å². The van der Waals surface area contributed by atoms with Crippen LogP contribution >= 0.6 is 0 Å². The molecule has 0 unspecified atom stereocenters. The normalized spacial score (nSPS) is 25.3. The van der Waals surface area contributed by atoms with Gasteiger partial charge >= 0.3 is 5.97 Å². The maximum atomic E-state index is 10.8. The van der Waals surface area contributed by atoms with Crippen molar-refractivity contribution in [2.75, 3.05) is 18.4 Å². The highest BCUT2D eigenvalue weighted by Gasteiger charge is 2.34. The number of hydrogen-bond acceptors (Lipinski definition) is 5. The SMILES string of the molecule is O=C(O)CC1(O)CCC(NCCCCc2ccc3c(n2)NCCC3)CC1. The summed E-state index contributed by atoms with van der Waals surface area (Å²) in [6.07, 6.45) is 8.23. The first kappa shape index (κ1) is 19.1. The summed E-state index contributed by atoms with van der Waals surface area (Å²) in [6.45, 7) is 1.99. The predicted molar refractivity (Wildman–Crippen MR) is 101 cm³/mol. The molecule has 1 fully saturated rings. The van der Waals surface area contributed by atoms with Crippen molar-refractivity contribution in [3.63, 3.8) is 0 Å². The third-order valence-corrected chi connectivity index (χ3v) is 5.64. The van der Waals surface area contributed by atoms with E-state index >= 15 is 0 Å². The molecule has 0 aromatic carbocycles. The maximum Gasteiger partial charge on any atom is 0.306 e. The Hall–Kier alpha value is -1.66. The number of rotatable bonds is 8. The highest BCUT2D eigenvalue weighted by atomic mass is 16.4. The van der Waals surface area contributed by atoms with Gasteiger partial charge in [-0.2, -0.15) is 0 Å². The van der Waals surface area contributed by atoms with Gasteiger partial charge in [0.2, 0.25) is 0 Å². The fourth-order valence-electron chi connectivity index (χ4n) is 4.06. The second-order valence-electron chi connectivity index (χ2n) is 7.82. The second kappa shape index (κ2) is 8.82. The number of aryl methyl sites for hydroxylation is 2. The van der Waals surface area contributed by atoms with E-state index in [1.807, 2.05) is 0 Å². The van der Waals surface area contributed by atoms with E-state index in [1.165, 1.54) is 12.0 Å². The molecule has 26 heavy (non-hydrogen) atoms. The molecule has 0 atom stereocenters. The molecular weight excluding hydrogens is 330 g/mol. The molecule has 0 saturated heterocycles. The van der Waals surface area contributed by atoms with E-state index in [2.05, 4.69) is 22.8 Å². The molecule has 1 aliphatic carbocycles. The first-order chi connectivity index (χ1) is 12.5. The molecule has 0 radical (unpaired) electrons. The first-order valence-corrected chi connectivity index (χ1v) is 9.94. The number of aliphatic hydroxyl groups is 1. The zero-order valence-corrected chi connectivity index (χ0v) is 15.5. The summed E-state index contributed by atoms with van der Waals surface area (Å²) in [5.41, 5.74) is 1.49. The van der Waals surface area contributed by atoms with Crippen molar-refractivity contribution in [3.8, 4) is 0 Å². The smallest absolute Gasteiger partial charge is 0.306 e. The van der Waals surface area contributed by atoms with Crippen molar-refractivity contribution in [1.82, 2.24) is 10.3 Å². The van der Waals surface area contributed by atoms with Crippen LogP contribution in [0.2, 0.25) is 0 Å². The Balaban J connectivity index is 1.31. The number of hydrogen-bond donors (Lipinski definition) is 4. The molecule has 6 heteroatoms. The molecule has 4 N–H and O–H groups in total. The number of aliphatic carboxylic acids is 1. The van der Waals surface area contributed by atoms with Crippen LogP contribution < -0.4 is 10.6 Å². The third kappa shape index (κ3) is 5.42. The number of pyridine rings is 1. The molecule has 144 valence electrons. The molecule has 0 spiro atoms. The van der Waals surface area contributed by atoms with Gasteiger partial charge in [-0.05, 0) is 76.0 Å². The van der Waals surface area contributed by atoms with Gasteiger partial charge in [-0.15, -0.1) is 0 Å². The van der Waals surface area contributed by atoms with Gasteiger partial charge in [0.15, 0.2) is 0 Å². The summed E-state index contributed by atoms with van der Waals surface area (Å²) in [7, 11) is 0. The van der Waals surface area contributed by atoms with Gasteiger partial charge in [0.1, 0.15) is 5.82 Å². The number of nitrogens with zero attached hydrogens (tertiary/aromatic N) is 1.